The molecule has 1 fully saturated rings. The Balaban J connectivity index is 1.79. The summed E-state index contributed by atoms with van der Waals surface area (Å²) in [6.07, 6.45) is 2.27. The third kappa shape index (κ3) is 5.01. The molecule has 3 rings (SSSR count). The number of hydrogen-bond donors (Lipinski definition) is 1. The Kier molecular flexibility index (Phi) is 6.06. The van der Waals surface area contributed by atoms with E-state index < -0.39 is 10.1 Å². The van der Waals surface area contributed by atoms with E-state index >= 15 is 0 Å². The summed E-state index contributed by atoms with van der Waals surface area (Å²) in [6.45, 7) is 5.71. The van der Waals surface area contributed by atoms with Gasteiger partial charge in [0.2, 0.25) is 5.91 Å². The minimum atomic E-state index is -3.93. The number of hydrogen-bond acceptors (Lipinski definition) is 6. The van der Waals surface area contributed by atoms with Crippen molar-refractivity contribution < 1.29 is 17.4 Å². The summed E-state index contributed by atoms with van der Waals surface area (Å²) in [6, 6.07) is 10.5. The van der Waals surface area contributed by atoms with Crippen LogP contribution in [0.15, 0.2) is 40.6 Å². The molecule has 27 heavy (non-hydrogen) atoms. The lowest BCUT2D eigenvalue weighted by Gasteiger charge is -2.33. The lowest BCUT2D eigenvalue weighted by atomic mass is 10.00. The number of thiophene rings is 1. The maximum absolute atomic E-state index is 12.7. The van der Waals surface area contributed by atoms with Gasteiger partial charge in [0.05, 0.1) is 12.2 Å². The predicted molar refractivity (Wildman–Crippen MR) is 107 cm³/mol. The largest absolute Gasteiger partial charge is 0.376 e. The molecule has 0 spiro atoms. The van der Waals surface area contributed by atoms with Crippen molar-refractivity contribution in [3.8, 4) is 5.75 Å². The minimum Gasteiger partial charge on any atom is -0.376 e. The van der Waals surface area contributed by atoms with Gasteiger partial charge in [-0.15, -0.1) is 11.3 Å². The van der Waals surface area contributed by atoms with Crippen LogP contribution in [0, 0.1) is 5.92 Å². The number of nitrogens with one attached hydrogen (secondary N) is 1. The first-order valence-corrected chi connectivity index (χ1v) is 11.2. The summed E-state index contributed by atoms with van der Waals surface area (Å²) in [4.78, 5) is 14.0. The normalized spacial score (nSPS) is 17.6. The molecule has 1 aliphatic heterocycles. The standard InChI is InChI=1S/C19H24N2O4S2/c1-14-6-5-11-21(13-14)17-7-3-4-8-18(17)25-27(23,24)19-10-9-16(26-19)12-20-15(2)22/h3-4,7-10,14H,5-6,11-13H2,1-2H3,(H,20,22). The highest BCUT2D eigenvalue weighted by molar-refractivity contribution is 7.89. The molecule has 0 radical (unpaired) electrons. The van der Waals surface area contributed by atoms with E-state index in [4.69, 9.17) is 4.18 Å². The van der Waals surface area contributed by atoms with Crippen molar-refractivity contribution in [2.24, 2.45) is 5.92 Å². The van der Waals surface area contributed by atoms with Crippen LogP contribution in [0.5, 0.6) is 5.75 Å². The Labute approximate surface area is 164 Å². The van der Waals surface area contributed by atoms with Gasteiger partial charge in [0, 0.05) is 24.9 Å². The van der Waals surface area contributed by atoms with Crippen molar-refractivity contribution in [3.63, 3.8) is 0 Å². The summed E-state index contributed by atoms with van der Waals surface area (Å²) in [5.74, 6) is 0.759. The van der Waals surface area contributed by atoms with Gasteiger partial charge in [-0.3, -0.25) is 4.79 Å². The summed E-state index contributed by atoms with van der Waals surface area (Å²) in [5.41, 5.74) is 0.808. The zero-order valence-electron chi connectivity index (χ0n) is 15.5. The number of benzene rings is 1. The van der Waals surface area contributed by atoms with Crippen molar-refractivity contribution in [2.75, 3.05) is 18.0 Å². The number of rotatable bonds is 6. The minimum absolute atomic E-state index is 0.129. The quantitative estimate of drug-likeness (QED) is 0.742. The maximum Gasteiger partial charge on any atom is 0.348 e. The van der Waals surface area contributed by atoms with Crippen LogP contribution in [0.1, 0.15) is 31.6 Å². The molecule has 0 saturated carbocycles. The van der Waals surface area contributed by atoms with E-state index in [1.54, 1.807) is 18.2 Å². The Bertz CT molecular complexity index is 908. The molecule has 6 nitrogen and oxygen atoms in total. The van der Waals surface area contributed by atoms with Gasteiger partial charge < -0.3 is 14.4 Å². The Morgan fingerprint density at radius 1 is 1.30 bits per heavy atom. The molecule has 0 bridgehead atoms. The van der Waals surface area contributed by atoms with Crippen LogP contribution in [-0.4, -0.2) is 27.4 Å². The molecule has 0 aliphatic carbocycles. The van der Waals surface area contributed by atoms with Crippen LogP contribution in [0.4, 0.5) is 5.69 Å². The molecule has 1 atom stereocenters. The fraction of sp³-hybridized carbons (Fsp3) is 0.421. The van der Waals surface area contributed by atoms with Crippen molar-refractivity contribution in [1.82, 2.24) is 5.32 Å². The highest BCUT2D eigenvalue weighted by Gasteiger charge is 2.24. The Hall–Kier alpha value is -2.06. The average Bonchev–Trinajstić information content (AvgIpc) is 3.10. The van der Waals surface area contributed by atoms with Crippen LogP contribution in [0.25, 0.3) is 0 Å². The van der Waals surface area contributed by atoms with E-state index in [1.807, 2.05) is 12.1 Å². The first-order chi connectivity index (χ1) is 12.8. The number of carbonyl (C=O) groups is 1. The number of anilines is 1. The smallest absolute Gasteiger partial charge is 0.348 e. The number of carbonyl (C=O) groups excluding carboxylic acids is 1. The number of piperidine rings is 1. The van der Waals surface area contributed by atoms with Crippen molar-refractivity contribution in [3.05, 3.63) is 41.3 Å². The summed E-state index contributed by atoms with van der Waals surface area (Å²) in [7, 11) is -3.93. The van der Waals surface area contributed by atoms with Gasteiger partial charge in [-0.05, 0) is 43.0 Å². The van der Waals surface area contributed by atoms with E-state index in [9.17, 15) is 13.2 Å². The van der Waals surface area contributed by atoms with Gasteiger partial charge in [0.25, 0.3) is 0 Å². The summed E-state index contributed by atoms with van der Waals surface area (Å²) < 4.78 is 31.1. The van der Waals surface area contributed by atoms with Gasteiger partial charge in [0.1, 0.15) is 0 Å². The first kappa shape index (κ1) is 19.7. The van der Waals surface area contributed by atoms with E-state index in [2.05, 4.69) is 17.1 Å². The zero-order chi connectivity index (χ0) is 19.4. The third-order valence-electron chi connectivity index (χ3n) is 4.46. The van der Waals surface area contributed by atoms with E-state index in [0.717, 1.165) is 41.4 Å². The molecular formula is C19H24N2O4S2. The lowest BCUT2D eigenvalue weighted by Crippen LogP contribution is -2.34. The lowest BCUT2D eigenvalue weighted by molar-refractivity contribution is -0.119. The number of para-hydroxylation sites is 2. The van der Waals surface area contributed by atoms with Gasteiger partial charge >= 0.3 is 10.1 Å². The Morgan fingerprint density at radius 2 is 2.07 bits per heavy atom. The highest BCUT2D eigenvalue weighted by atomic mass is 32.3. The van der Waals surface area contributed by atoms with Crippen molar-refractivity contribution >= 4 is 33.0 Å². The van der Waals surface area contributed by atoms with Crippen LogP contribution in [0.2, 0.25) is 0 Å². The van der Waals surface area contributed by atoms with Crippen molar-refractivity contribution in [2.45, 2.75) is 37.4 Å². The molecule has 8 heteroatoms. The van der Waals surface area contributed by atoms with Crippen LogP contribution >= 0.6 is 11.3 Å². The molecule has 1 amide bonds. The highest BCUT2D eigenvalue weighted by Crippen LogP contribution is 2.34. The van der Waals surface area contributed by atoms with E-state index in [-0.39, 0.29) is 10.1 Å². The molecular weight excluding hydrogens is 384 g/mol. The fourth-order valence-corrected chi connectivity index (χ4v) is 5.36. The molecule has 2 heterocycles. The SMILES string of the molecule is CC(=O)NCc1ccc(S(=O)(=O)Oc2ccccc2N2CCCC(C)C2)s1. The average molecular weight is 409 g/mol. The van der Waals surface area contributed by atoms with E-state index in [1.165, 1.54) is 19.4 Å². The Morgan fingerprint density at radius 3 is 2.81 bits per heavy atom. The van der Waals surface area contributed by atoms with Crippen molar-refractivity contribution in [1.29, 1.82) is 0 Å². The van der Waals surface area contributed by atoms with E-state index in [0.29, 0.717) is 18.2 Å². The molecule has 1 N–H and O–H groups in total. The molecule has 1 aromatic carbocycles. The summed E-state index contributed by atoms with van der Waals surface area (Å²) >= 11 is 1.10. The van der Waals surface area contributed by atoms with Gasteiger partial charge in [-0.2, -0.15) is 8.42 Å². The molecule has 146 valence electrons. The van der Waals surface area contributed by atoms with Gasteiger partial charge in [-0.1, -0.05) is 19.1 Å². The third-order valence-corrected chi connectivity index (χ3v) is 7.23. The maximum atomic E-state index is 12.7. The first-order valence-electron chi connectivity index (χ1n) is 8.97. The van der Waals surface area contributed by atoms with Crippen LogP contribution < -0.4 is 14.4 Å². The molecule has 1 saturated heterocycles. The topological polar surface area (TPSA) is 75.7 Å². The number of amides is 1. The van der Waals surface area contributed by atoms with Gasteiger partial charge in [0.15, 0.2) is 9.96 Å². The summed E-state index contributed by atoms with van der Waals surface area (Å²) in [5, 5.41) is 2.66. The molecule has 1 aromatic heterocycles. The monoisotopic (exact) mass is 408 g/mol. The van der Waals surface area contributed by atoms with Gasteiger partial charge in [-0.25, -0.2) is 0 Å². The molecule has 1 unspecified atom stereocenters. The van der Waals surface area contributed by atoms with Crippen LogP contribution in [0.3, 0.4) is 0 Å². The predicted octanol–water partition coefficient (Wildman–Crippen LogP) is 3.39. The number of nitrogens with zero attached hydrogens (tertiary/aromatic N) is 1. The van der Waals surface area contributed by atoms with Crippen LogP contribution in [-0.2, 0) is 21.5 Å². The molecule has 1 aliphatic rings. The fourth-order valence-electron chi connectivity index (χ4n) is 3.16. The molecule has 2 aromatic rings. The second-order valence-corrected chi connectivity index (χ2v) is 9.77. The second-order valence-electron chi connectivity index (χ2n) is 6.83. The zero-order valence-corrected chi connectivity index (χ0v) is 17.1. The second kappa shape index (κ2) is 8.31.